The number of aromatic nitrogens is 1. The van der Waals surface area contributed by atoms with Gasteiger partial charge in [-0.2, -0.15) is 0 Å². The van der Waals surface area contributed by atoms with Gasteiger partial charge in [0, 0.05) is 38.3 Å². The first-order chi connectivity index (χ1) is 9.11. The molecule has 0 atom stereocenters. The molecule has 2 heterocycles. The summed E-state index contributed by atoms with van der Waals surface area (Å²) in [4.78, 5) is 16.3. The van der Waals surface area contributed by atoms with Gasteiger partial charge in [0.1, 0.15) is 5.76 Å². The normalized spacial score (nSPS) is 16.9. The fourth-order valence-electron chi connectivity index (χ4n) is 2.38. The van der Waals surface area contributed by atoms with Crippen LogP contribution in [-0.2, 0) is 11.2 Å². The lowest BCUT2D eigenvalue weighted by atomic mass is 10.1. The van der Waals surface area contributed by atoms with Crippen molar-refractivity contribution in [2.45, 2.75) is 20.3 Å². The minimum Gasteiger partial charge on any atom is -0.395 e. The monoisotopic (exact) mass is 267 g/mol. The van der Waals surface area contributed by atoms with E-state index in [2.05, 4.69) is 10.1 Å². The molecule has 1 aliphatic rings. The summed E-state index contributed by atoms with van der Waals surface area (Å²) >= 11 is 0. The SMILES string of the molecule is Cc1noc(C)c1CC(=O)N1CCN(CCO)CC1. The lowest BCUT2D eigenvalue weighted by Crippen LogP contribution is -2.49. The van der Waals surface area contributed by atoms with E-state index >= 15 is 0 Å². The molecule has 0 bridgehead atoms. The van der Waals surface area contributed by atoms with Crippen LogP contribution in [0.4, 0.5) is 0 Å². The van der Waals surface area contributed by atoms with E-state index in [4.69, 9.17) is 9.63 Å². The molecule has 19 heavy (non-hydrogen) atoms. The fourth-order valence-corrected chi connectivity index (χ4v) is 2.38. The zero-order valence-electron chi connectivity index (χ0n) is 11.6. The van der Waals surface area contributed by atoms with Crippen molar-refractivity contribution in [1.82, 2.24) is 15.0 Å². The summed E-state index contributed by atoms with van der Waals surface area (Å²) < 4.78 is 5.08. The van der Waals surface area contributed by atoms with Crippen molar-refractivity contribution in [3.05, 3.63) is 17.0 Å². The second kappa shape index (κ2) is 6.16. The lowest BCUT2D eigenvalue weighted by molar-refractivity contribution is -0.132. The Morgan fingerprint density at radius 2 is 2.00 bits per heavy atom. The van der Waals surface area contributed by atoms with E-state index in [0.29, 0.717) is 13.0 Å². The Bertz CT molecular complexity index is 417. The van der Waals surface area contributed by atoms with Gasteiger partial charge in [-0.1, -0.05) is 5.16 Å². The number of carbonyl (C=O) groups excluding carboxylic acids is 1. The van der Waals surface area contributed by atoms with Crippen LogP contribution in [0.25, 0.3) is 0 Å². The van der Waals surface area contributed by atoms with Crippen LogP contribution in [-0.4, -0.2) is 65.3 Å². The molecule has 1 saturated heterocycles. The third-order valence-electron chi connectivity index (χ3n) is 3.65. The number of aryl methyl sites for hydroxylation is 2. The molecule has 1 aromatic rings. The first kappa shape index (κ1) is 14.0. The number of carbonyl (C=O) groups is 1. The third-order valence-corrected chi connectivity index (χ3v) is 3.65. The van der Waals surface area contributed by atoms with Gasteiger partial charge in [-0.25, -0.2) is 0 Å². The van der Waals surface area contributed by atoms with E-state index in [1.165, 1.54) is 0 Å². The zero-order valence-corrected chi connectivity index (χ0v) is 11.6. The molecule has 0 unspecified atom stereocenters. The van der Waals surface area contributed by atoms with Crippen LogP contribution < -0.4 is 0 Å². The van der Waals surface area contributed by atoms with E-state index in [1.54, 1.807) is 0 Å². The highest BCUT2D eigenvalue weighted by Crippen LogP contribution is 2.14. The summed E-state index contributed by atoms with van der Waals surface area (Å²) in [6, 6.07) is 0. The van der Waals surface area contributed by atoms with Crippen molar-refractivity contribution in [3.63, 3.8) is 0 Å². The van der Waals surface area contributed by atoms with Crippen molar-refractivity contribution in [1.29, 1.82) is 0 Å². The van der Waals surface area contributed by atoms with Gasteiger partial charge in [0.15, 0.2) is 0 Å². The zero-order chi connectivity index (χ0) is 13.8. The van der Waals surface area contributed by atoms with Gasteiger partial charge in [-0.15, -0.1) is 0 Å². The van der Waals surface area contributed by atoms with Crippen LogP contribution in [0.2, 0.25) is 0 Å². The summed E-state index contributed by atoms with van der Waals surface area (Å²) in [6.07, 6.45) is 0.362. The highest BCUT2D eigenvalue weighted by atomic mass is 16.5. The van der Waals surface area contributed by atoms with Gasteiger partial charge in [0.2, 0.25) is 5.91 Å². The van der Waals surface area contributed by atoms with E-state index in [0.717, 1.165) is 43.2 Å². The Morgan fingerprint density at radius 1 is 1.32 bits per heavy atom. The molecule has 0 aliphatic carbocycles. The van der Waals surface area contributed by atoms with E-state index < -0.39 is 0 Å². The Labute approximate surface area is 113 Å². The molecule has 6 heteroatoms. The fraction of sp³-hybridized carbons (Fsp3) is 0.692. The molecule has 0 radical (unpaired) electrons. The first-order valence-electron chi connectivity index (χ1n) is 6.64. The Balaban J connectivity index is 1.88. The summed E-state index contributed by atoms with van der Waals surface area (Å²) in [7, 11) is 0. The minimum atomic E-state index is 0.123. The van der Waals surface area contributed by atoms with Gasteiger partial charge in [0.05, 0.1) is 18.7 Å². The molecule has 0 spiro atoms. The van der Waals surface area contributed by atoms with Crippen molar-refractivity contribution >= 4 is 5.91 Å². The van der Waals surface area contributed by atoms with Crippen LogP contribution in [0.15, 0.2) is 4.52 Å². The number of nitrogens with zero attached hydrogens (tertiary/aromatic N) is 3. The maximum Gasteiger partial charge on any atom is 0.227 e. The molecule has 1 N–H and O–H groups in total. The molecule has 1 aromatic heterocycles. The number of rotatable bonds is 4. The predicted molar refractivity (Wildman–Crippen MR) is 69.8 cm³/mol. The number of β-amino-alcohol motifs (C(OH)–C–C–N with tert-alkyl or cyclic N) is 1. The van der Waals surface area contributed by atoms with E-state index in [9.17, 15) is 4.79 Å². The smallest absolute Gasteiger partial charge is 0.227 e. The Kier molecular flexibility index (Phi) is 4.55. The van der Waals surface area contributed by atoms with E-state index in [1.807, 2.05) is 18.7 Å². The largest absolute Gasteiger partial charge is 0.395 e. The van der Waals surface area contributed by atoms with Crippen LogP contribution in [0.1, 0.15) is 17.0 Å². The number of aliphatic hydroxyl groups is 1. The molecular weight excluding hydrogens is 246 g/mol. The lowest BCUT2D eigenvalue weighted by Gasteiger charge is -2.34. The number of amides is 1. The van der Waals surface area contributed by atoms with Crippen LogP contribution in [0, 0.1) is 13.8 Å². The predicted octanol–water partition coefficient (Wildman–Crippen LogP) is -0.0296. The maximum absolute atomic E-state index is 12.2. The highest BCUT2D eigenvalue weighted by Gasteiger charge is 2.22. The van der Waals surface area contributed by atoms with Crippen molar-refractivity contribution in [2.24, 2.45) is 0 Å². The molecule has 0 saturated carbocycles. The van der Waals surface area contributed by atoms with Crippen molar-refractivity contribution < 1.29 is 14.4 Å². The number of hydrogen-bond donors (Lipinski definition) is 1. The maximum atomic E-state index is 12.2. The topological polar surface area (TPSA) is 69.8 Å². The molecular formula is C13H21N3O3. The van der Waals surface area contributed by atoms with Gasteiger partial charge >= 0.3 is 0 Å². The molecule has 1 fully saturated rings. The minimum absolute atomic E-state index is 0.123. The standard InChI is InChI=1S/C13H21N3O3/c1-10-12(11(2)19-14-10)9-13(18)16-5-3-15(4-6-16)7-8-17/h17H,3-9H2,1-2H3. The number of hydrogen-bond acceptors (Lipinski definition) is 5. The average Bonchev–Trinajstić information content (AvgIpc) is 2.72. The molecule has 2 rings (SSSR count). The first-order valence-corrected chi connectivity index (χ1v) is 6.64. The van der Waals surface area contributed by atoms with Crippen LogP contribution in [0.3, 0.4) is 0 Å². The molecule has 106 valence electrons. The van der Waals surface area contributed by atoms with Crippen molar-refractivity contribution in [3.8, 4) is 0 Å². The summed E-state index contributed by atoms with van der Waals surface area (Å²) in [5, 5.41) is 12.8. The number of piperazine rings is 1. The third kappa shape index (κ3) is 3.33. The van der Waals surface area contributed by atoms with Gasteiger partial charge < -0.3 is 14.5 Å². The molecule has 6 nitrogen and oxygen atoms in total. The molecule has 1 aliphatic heterocycles. The highest BCUT2D eigenvalue weighted by molar-refractivity contribution is 5.79. The van der Waals surface area contributed by atoms with Gasteiger partial charge in [-0.05, 0) is 13.8 Å². The Hall–Kier alpha value is -1.40. The summed E-state index contributed by atoms with van der Waals surface area (Å²) in [6.45, 7) is 7.66. The van der Waals surface area contributed by atoms with E-state index in [-0.39, 0.29) is 12.5 Å². The summed E-state index contributed by atoms with van der Waals surface area (Å²) in [5.41, 5.74) is 1.70. The van der Waals surface area contributed by atoms with Crippen molar-refractivity contribution in [2.75, 3.05) is 39.3 Å². The second-order valence-corrected chi connectivity index (χ2v) is 4.93. The summed E-state index contributed by atoms with van der Waals surface area (Å²) in [5.74, 6) is 0.850. The quantitative estimate of drug-likeness (QED) is 0.829. The van der Waals surface area contributed by atoms with Gasteiger partial charge in [0.25, 0.3) is 0 Å². The molecule has 1 amide bonds. The second-order valence-electron chi connectivity index (χ2n) is 4.93. The van der Waals surface area contributed by atoms with Gasteiger partial charge in [-0.3, -0.25) is 9.69 Å². The average molecular weight is 267 g/mol. The Morgan fingerprint density at radius 3 is 2.53 bits per heavy atom. The number of aliphatic hydroxyl groups excluding tert-OH is 1. The molecule has 0 aromatic carbocycles. The van der Waals surface area contributed by atoms with Crippen LogP contribution in [0.5, 0.6) is 0 Å². The van der Waals surface area contributed by atoms with Crippen LogP contribution >= 0.6 is 0 Å².